The molecule has 0 aliphatic heterocycles. The van der Waals surface area contributed by atoms with Crippen molar-refractivity contribution < 1.29 is 70.3 Å². The third-order valence-electron chi connectivity index (χ3n) is 11.7. The topological polar surface area (TPSA) is 74.4 Å². The summed E-state index contributed by atoms with van der Waals surface area (Å²) in [5.74, 6) is 1.13. The Kier molecular flexibility index (Phi) is 13.7. The summed E-state index contributed by atoms with van der Waals surface area (Å²) in [7, 11) is 0. The van der Waals surface area contributed by atoms with Crippen LogP contribution >= 0.6 is 0 Å². The van der Waals surface area contributed by atoms with Crippen molar-refractivity contribution in [2.45, 2.75) is 46.3 Å². The second-order valence-electron chi connectivity index (χ2n) is 16.1. The third kappa shape index (κ3) is 8.17. The number of halogens is 2. The van der Waals surface area contributed by atoms with Crippen molar-refractivity contribution >= 4 is 43.6 Å². The molecule has 9 heteroatoms. The Morgan fingerprint density at radius 1 is 0.422 bits per heavy atom. The van der Waals surface area contributed by atoms with Gasteiger partial charge in [-0.15, -0.1) is 0 Å². The van der Waals surface area contributed by atoms with Crippen molar-refractivity contribution in [3.8, 4) is 56.6 Å². The molecule has 0 saturated heterocycles. The van der Waals surface area contributed by atoms with Gasteiger partial charge < -0.3 is 53.6 Å². The summed E-state index contributed by atoms with van der Waals surface area (Å²) in [6, 6.07) is 56.3. The number of para-hydroxylation sites is 6. The van der Waals surface area contributed by atoms with E-state index in [1.807, 2.05) is 149 Å². The molecular formula is C55H44Cl2HfN2O4. The molecule has 0 bridgehead atoms. The van der Waals surface area contributed by atoms with Gasteiger partial charge in [0.25, 0.3) is 0 Å². The van der Waals surface area contributed by atoms with Crippen LogP contribution in [-0.2, 0) is 25.8 Å². The van der Waals surface area contributed by atoms with Crippen LogP contribution in [0.1, 0.15) is 31.4 Å². The summed E-state index contributed by atoms with van der Waals surface area (Å²) in [5, 5.41) is 33.6. The van der Waals surface area contributed by atoms with Gasteiger partial charge >= 0.3 is 25.8 Å². The van der Waals surface area contributed by atoms with Crippen molar-refractivity contribution in [1.29, 1.82) is 0 Å². The SMILES string of the molecule is Cc1cc(-c2ccccc2O[C@H](C)C[C@H](C)Oc2ccccc2-c2cc(C)cc(-n3c4ccccc4c4ccccc43)c2[O-])c([O-])c(-n2c3ccccc3c3ccccc32)c1.[Cl-].[Cl-].[Hf+4]. The number of nitrogens with zero attached hydrogens (tertiary/aromatic N) is 2. The molecule has 2 heterocycles. The Morgan fingerprint density at radius 3 is 1.06 bits per heavy atom. The zero-order valence-electron chi connectivity index (χ0n) is 35.8. The van der Waals surface area contributed by atoms with Crippen molar-refractivity contribution in [1.82, 2.24) is 9.13 Å². The Morgan fingerprint density at radius 2 is 0.719 bits per heavy atom. The zero-order chi connectivity index (χ0) is 41.8. The summed E-state index contributed by atoms with van der Waals surface area (Å²) in [6.45, 7) is 8.10. The second-order valence-corrected chi connectivity index (χ2v) is 16.1. The van der Waals surface area contributed by atoms with E-state index in [0.29, 0.717) is 40.4 Å². The molecule has 0 fully saturated rings. The number of ether oxygens (including phenoxy) is 2. The van der Waals surface area contributed by atoms with Crippen molar-refractivity contribution in [3.63, 3.8) is 0 Å². The minimum atomic E-state index is -0.268. The fourth-order valence-corrected chi connectivity index (χ4v) is 9.19. The van der Waals surface area contributed by atoms with Gasteiger partial charge in [-0.1, -0.05) is 133 Å². The largest absolute Gasteiger partial charge is 4.00 e. The summed E-state index contributed by atoms with van der Waals surface area (Å²) >= 11 is 0. The molecule has 0 radical (unpaired) electrons. The maximum Gasteiger partial charge on any atom is 4.00 e. The van der Waals surface area contributed by atoms with Crippen LogP contribution in [0.5, 0.6) is 23.0 Å². The Bertz CT molecular complexity index is 2980. The molecule has 64 heavy (non-hydrogen) atoms. The number of aromatic nitrogens is 2. The van der Waals surface area contributed by atoms with Crippen molar-refractivity contribution in [2.24, 2.45) is 0 Å². The number of hydrogen-bond donors (Lipinski definition) is 0. The Labute approximate surface area is 404 Å². The van der Waals surface area contributed by atoms with Gasteiger partial charge in [-0.3, -0.25) is 0 Å². The molecule has 0 aliphatic rings. The van der Waals surface area contributed by atoms with Gasteiger partial charge in [0.2, 0.25) is 0 Å². The second kappa shape index (κ2) is 19.0. The van der Waals surface area contributed by atoms with Gasteiger partial charge in [-0.05, 0) is 98.5 Å². The van der Waals surface area contributed by atoms with Gasteiger partial charge in [0.1, 0.15) is 11.5 Å². The molecule has 0 amide bonds. The predicted octanol–water partition coefficient (Wildman–Crippen LogP) is 6.61. The first-order valence-electron chi connectivity index (χ1n) is 20.9. The fraction of sp³-hybridized carbons (Fsp3) is 0.127. The number of hydrogen-bond acceptors (Lipinski definition) is 4. The Hall–Kier alpha value is -5.99. The molecule has 0 aliphatic carbocycles. The molecule has 0 spiro atoms. The third-order valence-corrected chi connectivity index (χ3v) is 11.7. The molecule has 2 aromatic heterocycles. The van der Waals surface area contributed by atoms with Crippen LogP contribution in [0.2, 0.25) is 0 Å². The maximum atomic E-state index is 14.6. The zero-order valence-corrected chi connectivity index (χ0v) is 40.9. The molecular weight excluding hydrogens is 1000 g/mol. The van der Waals surface area contributed by atoms with E-state index in [4.69, 9.17) is 9.47 Å². The van der Waals surface area contributed by atoms with Gasteiger partial charge in [0.05, 0.1) is 34.3 Å². The van der Waals surface area contributed by atoms with Crippen LogP contribution in [0.4, 0.5) is 0 Å². The normalized spacial score (nSPS) is 12.1. The molecule has 0 N–H and O–H groups in total. The van der Waals surface area contributed by atoms with Crippen molar-refractivity contribution in [2.75, 3.05) is 0 Å². The van der Waals surface area contributed by atoms with Gasteiger partial charge in [0, 0.05) is 50.5 Å². The summed E-state index contributed by atoms with van der Waals surface area (Å²) in [6.07, 6.45) is 0.0183. The molecule has 316 valence electrons. The summed E-state index contributed by atoms with van der Waals surface area (Å²) < 4.78 is 17.5. The first kappa shape index (κ1) is 46.0. The minimum absolute atomic E-state index is 0. The first-order valence-corrected chi connectivity index (χ1v) is 20.9. The van der Waals surface area contributed by atoms with Crippen LogP contribution in [0.15, 0.2) is 170 Å². The van der Waals surface area contributed by atoms with Crippen LogP contribution < -0.4 is 44.5 Å². The molecule has 2 atom stereocenters. The fourth-order valence-electron chi connectivity index (χ4n) is 9.19. The predicted molar refractivity (Wildman–Crippen MR) is 246 cm³/mol. The minimum Gasteiger partial charge on any atom is -1.00 e. The average Bonchev–Trinajstić information content (AvgIpc) is 3.78. The monoisotopic (exact) mass is 1050 g/mol. The van der Waals surface area contributed by atoms with E-state index in [1.54, 1.807) is 0 Å². The smallest absolute Gasteiger partial charge is 1.00 e. The van der Waals surface area contributed by atoms with E-state index < -0.39 is 0 Å². The molecule has 8 aromatic carbocycles. The Balaban J connectivity index is 0.00000204. The summed E-state index contributed by atoms with van der Waals surface area (Å²) in [5.41, 5.74) is 9.78. The van der Waals surface area contributed by atoms with E-state index in [2.05, 4.69) is 57.7 Å². The van der Waals surface area contributed by atoms with Gasteiger partial charge in [-0.2, -0.15) is 0 Å². The molecule has 6 nitrogen and oxygen atoms in total. The quantitative estimate of drug-likeness (QED) is 0.145. The standard InChI is InChI=1S/C55H46N2O4.2ClH.Hf/c1-34-29-44(54(58)50(31-34)56-46-23-11-5-17-38(46)39-18-6-12-24-47(39)56)42-21-9-15-27-52(42)60-36(3)33-37(4)61-53-28-16-10-22-43(53)45-30-35(2)32-51(55(45)59)57-48-25-13-7-19-40(48)41-20-8-14-26-49(41)57;;;/h5-32,36-37,58-59H,33H2,1-4H3;2*1H;/q;;;+4/p-4/t36-,37+;;;. The van der Waals surface area contributed by atoms with Crippen LogP contribution in [0.25, 0.3) is 77.2 Å². The number of aryl methyl sites for hydroxylation is 2. The van der Waals surface area contributed by atoms with Crippen LogP contribution in [0.3, 0.4) is 0 Å². The first-order chi connectivity index (χ1) is 29.7. The van der Waals surface area contributed by atoms with E-state index in [1.165, 1.54) is 0 Å². The molecule has 0 unspecified atom stereocenters. The maximum absolute atomic E-state index is 14.6. The van der Waals surface area contributed by atoms with E-state index in [0.717, 1.165) is 65.9 Å². The molecule has 10 rings (SSSR count). The average molecular weight is 1050 g/mol. The van der Waals surface area contributed by atoms with E-state index >= 15 is 0 Å². The molecule has 10 aromatic rings. The van der Waals surface area contributed by atoms with Crippen molar-refractivity contribution in [3.05, 3.63) is 181 Å². The number of rotatable bonds is 10. The van der Waals surface area contributed by atoms with E-state index in [9.17, 15) is 10.2 Å². The molecule has 0 saturated carbocycles. The number of fused-ring (bicyclic) bond motifs is 6. The number of benzene rings is 8. The van der Waals surface area contributed by atoms with Gasteiger partial charge in [-0.25, -0.2) is 0 Å². The van der Waals surface area contributed by atoms with E-state index in [-0.39, 0.29) is 74.4 Å². The summed E-state index contributed by atoms with van der Waals surface area (Å²) in [4.78, 5) is 0. The van der Waals surface area contributed by atoms with Gasteiger partial charge in [0.15, 0.2) is 0 Å². The van der Waals surface area contributed by atoms with Crippen LogP contribution in [0, 0.1) is 13.8 Å². The van der Waals surface area contributed by atoms with Crippen LogP contribution in [-0.4, -0.2) is 21.3 Å².